The Morgan fingerprint density at radius 3 is 1.69 bits per heavy atom. The second-order valence-electron chi connectivity index (χ2n) is 2.34. The van der Waals surface area contributed by atoms with Gasteiger partial charge in [0.15, 0.2) is 0 Å². The van der Waals surface area contributed by atoms with Crippen molar-refractivity contribution in [1.82, 2.24) is 0 Å². The minimum Gasteiger partial charge on any atom is -0.262 e. The Bertz CT molecular complexity index is 273. The van der Waals surface area contributed by atoms with Crippen molar-refractivity contribution in [3.63, 3.8) is 0 Å². The quantitative estimate of drug-likeness (QED) is 0.537. The van der Waals surface area contributed by atoms with Gasteiger partial charge in [-0.15, -0.1) is 20.5 Å². The van der Waals surface area contributed by atoms with Crippen LogP contribution in [0.4, 0.5) is 0 Å². The summed E-state index contributed by atoms with van der Waals surface area (Å²) in [5, 5.41) is 13.8. The Morgan fingerprint density at radius 1 is 0.923 bits per heavy atom. The van der Waals surface area contributed by atoms with Crippen molar-refractivity contribution in [3.8, 4) is 0 Å². The maximum absolute atomic E-state index is 5.49. The number of nitrogens with two attached hydrogens (primary N) is 2. The molecule has 0 spiro atoms. The van der Waals surface area contributed by atoms with Crippen LogP contribution in [0.5, 0.6) is 0 Å². The van der Waals surface area contributed by atoms with Gasteiger partial charge < -0.3 is 0 Å². The highest BCUT2D eigenvalue weighted by Crippen LogP contribution is 2.22. The van der Waals surface area contributed by atoms with Gasteiger partial charge in [0.25, 0.3) is 0 Å². The van der Waals surface area contributed by atoms with E-state index in [0.29, 0.717) is 0 Å². The molecule has 0 bridgehead atoms. The molecule has 4 N–H and O–H groups in total. The van der Waals surface area contributed by atoms with Crippen LogP contribution in [0.15, 0.2) is 30.4 Å². The molecular formula is C4H6N8O. The maximum Gasteiger partial charge on any atom is 0.341 e. The van der Waals surface area contributed by atoms with E-state index in [4.69, 9.17) is 16.2 Å². The van der Waals surface area contributed by atoms with E-state index in [1.54, 1.807) is 0 Å². The molecule has 9 nitrogen and oxygen atoms in total. The first kappa shape index (κ1) is 8.04. The molecule has 2 aliphatic rings. The lowest BCUT2D eigenvalue weighted by molar-refractivity contribution is -0.136. The summed E-state index contributed by atoms with van der Waals surface area (Å²) in [5.41, 5.74) is 11.0. The fraction of sp³-hybridized carbons (Fsp3) is 0.500. The molecule has 2 atom stereocenters. The minimum atomic E-state index is -1.64. The van der Waals surface area contributed by atoms with Gasteiger partial charge >= 0.3 is 11.9 Å². The van der Waals surface area contributed by atoms with E-state index in [2.05, 4.69) is 30.4 Å². The van der Waals surface area contributed by atoms with Crippen LogP contribution in [-0.4, -0.2) is 24.6 Å². The average Bonchev–Trinajstić information content (AvgIpc) is 2.60. The summed E-state index contributed by atoms with van der Waals surface area (Å²) >= 11 is 0. The number of ether oxygens (including phenoxy) is 1. The van der Waals surface area contributed by atoms with E-state index in [1.807, 2.05) is 0 Å². The molecule has 2 heterocycles. The summed E-state index contributed by atoms with van der Waals surface area (Å²) < 4.78 is 4.99. The number of hydrogen-bond donors (Lipinski definition) is 2. The summed E-state index contributed by atoms with van der Waals surface area (Å²) in [4.78, 5) is 7.24. The van der Waals surface area contributed by atoms with Crippen LogP contribution in [0, 0.1) is 0 Å². The second-order valence-corrected chi connectivity index (χ2v) is 2.34. The summed E-state index contributed by atoms with van der Waals surface area (Å²) in [6.45, 7) is 0. The molecule has 0 radical (unpaired) electrons. The highest BCUT2D eigenvalue weighted by Gasteiger charge is 2.40. The highest BCUT2D eigenvalue weighted by atomic mass is 16.6. The molecular weight excluding hydrogens is 176 g/mol. The van der Waals surface area contributed by atoms with E-state index in [0.717, 1.165) is 12.7 Å². The van der Waals surface area contributed by atoms with Crippen molar-refractivity contribution in [3.05, 3.63) is 0 Å². The Hall–Kier alpha value is -1.58. The fourth-order valence-electron chi connectivity index (χ4n) is 0.800. The smallest absolute Gasteiger partial charge is 0.262 e. The van der Waals surface area contributed by atoms with Crippen LogP contribution in [0.3, 0.4) is 0 Å². The van der Waals surface area contributed by atoms with Gasteiger partial charge in [0.1, 0.15) is 12.7 Å². The number of aliphatic imine (C=N–C) groups is 2. The van der Waals surface area contributed by atoms with Crippen molar-refractivity contribution in [1.29, 1.82) is 0 Å². The predicted molar refractivity (Wildman–Crippen MR) is 41.6 cm³/mol. The molecule has 0 aliphatic carbocycles. The zero-order chi connectivity index (χ0) is 9.36. The molecule has 0 fully saturated rings. The third-order valence-corrected chi connectivity index (χ3v) is 1.29. The van der Waals surface area contributed by atoms with Crippen molar-refractivity contribution in [2.45, 2.75) is 11.9 Å². The predicted octanol–water partition coefficient (Wildman–Crippen LogP) is -0.869. The molecule has 0 saturated carbocycles. The van der Waals surface area contributed by atoms with Crippen molar-refractivity contribution < 1.29 is 4.74 Å². The van der Waals surface area contributed by atoms with Crippen LogP contribution < -0.4 is 11.5 Å². The molecule has 13 heavy (non-hydrogen) atoms. The lowest BCUT2D eigenvalue weighted by atomic mass is 10.7. The van der Waals surface area contributed by atoms with Gasteiger partial charge in [-0.2, -0.15) is 9.98 Å². The molecule has 0 amide bonds. The second kappa shape index (κ2) is 2.45. The highest BCUT2D eigenvalue weighted by molar-refractivity contribution is 5.57. The summed E-state index contributed by atoms with van der Waals surface area (Å²) in [5.74, 6) is -3.29. The molecule has 2 unspecified atom stereocenters. The van der Waals surface area contributed by atoms with Crippen LogP contribution in [-0.2, 0) is 4.74 Å². The Balaban J connectivity index is 2.14. The zero-order valence-electron chi connectivity index (χ0n) is 6.40. The van der Waals surface area contributed by atoms with E-state index in [9.17, 15) is 0 Å². The van der Waals surface area contributed by atoms with Gasteiger partial charge in [-0.3, -0.25) is 16.2 Å². The summed E-state index contributed by atoms with van der Waals surface area (Å²) in [7, 11) is 0. The maximum atomic E-state index is 5.49. The molecule has 0 aromatic heterocycles. The third kappa shape index (κ3) is 1.47. The monoisotopic (exact) mass is 182 g/mol. The van der Waals surface area contributed by atoms with E-state index in [1.165, 1.54) is 0 Å². The van der Waals surface area contributed by atoms with E-state index >= 15 is 0 Å². The summed E-state index contributed by atoms with van der Waals surface area (Å²) in [6.07, 6.45) is 2.30. The van der Waals surface area contributed by atoms with Gasteiger partial charge in [-0.25, -0.2) is 0 Å². The molecule has 9 heteroatoms. The molecule has 0 aromatic carbocycles. The van der Waals surface area contributed by atoms with Crippen LogP contribution in [0.2, 0.25) is 0 Å². The van der Waals surface area contributed by atoms with Crippen molar-refractivity contribution in [2.75, 3.05) is 0 Å². The fourth-order valence-corrected chi connectivity index (χ4v) is 0.800. The third-order valence-electron chi connectivity index (χ3n) is 1.29. The van der Waals surface area contributed by atoms with Gasteiger partial charge in [0.05, 0.1) is 0 Å². The molecule has 0 aromatic rings. The molecule has 68 valence electrons. The number of nitrogens with zero attached hydrogens (tertiary/aromatic N) is 6. The SMILES string of the molecule is NC1(OC2(N)N=CN=N2)N=CN=N1. The van der Waals surface area contributed by atoms with Gasteiger partial charge in [0.2, 0.25) is 0 Å². The van der Waals surface area contributed by atoms with Crippen LogP contribution in [0.25, 0.3) is 0 Å². The molecule has 2 rings (SSSR count). The van der Waals surface area contributed by atoms with Gasteiger partial charge in [0, 0.05) is 0 Å². The molecule has 2 aliphatic heterocycles. The normalized spacial score (nSPS) is 40.8. The Kier molecular flexibility index (Phi) is 1.52. The first-order valence-electron chi connectivity index (χ1n) is 3.31. The van der Waals surface area contributed by atoms with Crippen molar-refractivity contribution >= 4 is 12.7 Å². The molecule has 0 saturated heterocycles. The van der Waals surface area contributed by atoms with E-state index < -0.39 is 11.9 Å². The lowest BCUT2D eigenvalue weighted by Gasteiger charge is -2.23. The first-order valence-corrected chi connectivity index (χ1v) is 3.31. The largest absolute Gasteiger partial charge is 0.341 e. The topological polar surface area (TPSA) is 135 Å². The number of rotatable bonds is 2. The number of azo groups is 2. The lowest BCUT2D eigenvalue weighted by Crippen LogP contribution is -2.49. The Labute approximate surface area is 72.3 Å². The van der Waals surface area contributed by atoms with Gasteiger partial charge in [-0.05, 0) is 0 Å². The summed E-state index contributed by atoms with van der Waals surface area (Å²) in [6, 6.07) is 0. The number of hydrogen-bond acceptors (Lipinski definition) is 9. The average molecular weight is 182 g/mol. The van der Waals surface area contributed by atoms with Crippen molar-refractivity contribution in [2.24, 2.45) is 41.9 Å². The van der Waals surface area contributed by atoms with Gasteiger partial charge in [-0.1, -0.05) is 0 Å². The minimum absolute atomic E-state index is 1.15. The zero-order valence-corrected chi connectivity index (χ0v) is 6.40. The first-order chi connectivity index (χ1) is 6.12. The van der Waals surface area contributed by atoms with Crippen LogP contribution >= 0.6 is 0 Å². The van der Waals surface area contributed by atoms with E-state index in [-0.39, 0.29) is 0 Å². The Morgan fingerprint density at radius 2 is 1.38 bits per heavy atom. The standard InChI is InChI=1S/C4H6N8O/c5-3(7-1-9-11-3)13-4(6)8-2-10-12-4/h1-2H,5-6H2. The van der Waals surface area contributed by atoms with Crippen LogP contribution in [0.1, 0.15) is 0 Å².